The Kier molecular flexibility index (Phi) is 7.36. The molecule has 1 aliphatic carbocycles. The molecule has 0 aromatic heterocycles. The lowest BCUT2D eigenvalue weighted by Gasteiger charge is -2.50. The van der Waals surface area contributed by atoms with Crippen molar-refractivity contribution in [3.63, 3.8) is 0 Å². The van der Waals surface area contributed by atoms with E-state index in [1.165, 1.54) is 43.2 Å². The van der Waals surface area contributed by atoms with Gasteiger partial charge in [-0.25, -0.2) is 0 Å². The van der Waals surface area contributed by atoms with Crippen molar-refractivity contribution in [2.45, 2.75) is 58.4 Å². The molecule has 2 fully saturated rings. The first-order chi connectivity index (χ1) is 13.5. The second-order valence-corrected chi connectivity index (χ2v) is 8.52. The number of piperazine rings is 1. The molecular weight excluding hydrogens is 350 g/mol. The van der Waals surface area contributed by atoms with E-state index in [1.54, 1.807) is 0 Å². The highest BCUT2D eigenvalue weighted by Crippen LogP contribution is 2.34. The SMILES string of the molecule is CCN1CCN(C2(CNC(=O)COc3ccc(C)c(C)c3)CCCCC2)CC1. The van der Waals surface area contributed by atoms with Gasteiger partial charge in [-0.15, -0.1) is 0 Å². The zero-order chi connectivity index (χ0) is 20.0. The minimum Gasteiger partial charge on any atom is -0.484 e. The van der Waals surface area contributed by atoms with Crippen LogP contribution in [0.15, 0.2) is 18.2 Å². The van der Waals surface area contributed by atoms with Gasteiger partial charge in [0.05, 0.1) is 0 Å². The molecule has 1 aromatic rings. The third-order valence-electron chi connectivity index (χ3n) is 6.74. The first kappa shape index (κ1) is 21.1. The van der Waals surface area contributed by atoms with Crippen molar-refractivity contribution in [1.82, 2.24) is 15.1 Å². The second-order valence-electron chi connectivity index (χ2n) is 8.52. The molecule has 1 aromatic carbocycles. The Morgan fingerprint density at radius 3 is 2.43 bits per heavy atom. The fourth-order valence-corrected chi connectivity index (χ4v) is 4.62. The largest absolute Gasteiger partial charge is 0.484 e. The number of hydrogen-bond donors (Lipinski definition) is 1. The van der Waals surface area contributed by atoms with E-state index in [0.717, 1.165) is 45.0 Å². The number of benzene rings is 1. The van der Waals surface area contributed by atoms with Gasteiger partial charge in [0.2, 0.25) is 0 Å². The van der Waals surface area contributed by atoms with Gasteiger partial charge in [0, 0.05) is 38.3 Å². The van der Waals surface area contributed by atoms with Crippen LogP contribution in [0.2, 0.25) is 0 Å². The Morgan fingerprint density at radius 1 is 1.07 bits per heavy atom. The highest BCUT2D eigenvalue weighted by Gasteiger charge is 2.39. The van der Waals surface area contributed by atoms with Crippen LogP contribution in [0, 0.1) is 13.8 Å². The van der Waals surface area contributed by atoms with Crippen LogP contribution in [-0.4, -0.2) is 67.1 Å². The van der Waals surface area contributed by atoms with Crippen molar-refractivity contribution in [2.75, 3.05) is 45.9 Å². The number of hydrogen-bond acceptors (Lipinski definition) is 4. The maximum atomic E-state index is 12.5. The van der Waals surface area contributed by atoms with Crippen LogP contribution < -0.4 is 10.1 Å². The van der Waals surface area contributed by atoms with Crippen molar-refractivity contribution >= 4 is 5.91 Å². The molecule has 0 radical (unpaired) electrons. The molecule has 1 heterocycles. The van der Waals surface area contributed by atoms with Crippen LogP contribution in [0.25, 0.3) is 0 Å². The summed E-state index contributed by atoms with van der Waals surface area (Å²) in [6.07, 6.45) is 6.24. The average Bonchev–Trinajstić information content (AvgIpc) is 2.74. The van der Waals surface area contributed by atoms with Gasteiger partial charge in [0.25, 0.3) is 5.91 Å². The fraction of sp³-hybridized carbons (Fsp3) is 0.696. The summed E-state index contributed by atoms with van der Waals surface area (Å²) in [7, 11) is 0. The van der Waals surface area contributed by atoms with Crippen LogP contribution in [0.3, 0.4) is 0 Å². The number of ether oxygens (including phenoxy) is 1. The summed E-state index contributed by atoms with van der Waals surface area (Å²) >= 11 is 0. The van der Waals surface area contributed by atoms with Crippen LogP contribution in [0.5, 0.6) is 5.75 Å². The van der Waals surface area contributed by atoms with Gasteiger partial charge in [-0.2, -0.15) is 0 Å². The third kappa shape index (κ3) is 5.26. The fourth-order valence-electron chi connectivity index (χ4n) is 4.62. The summed E-state index contributed by atoms with van der Waals surface area (Å²) in [5, 5.41) is 3.19. The Balaban J connectivity index is 1.53. The van der Waals surface area contributed by atoms with E-state index in [4.69, 9.17) is 4.74 Å². The van der Waals surface area contributed by atoms with Crippen LogP contribution in [-0.2, 0) is 4.79 Å². The monoisotopic (exact) mass is 387 g/mol. The highest BCUT2D eigenvalue weighted by atomic mass is 16.5. The average molecular weight is 388 g/mol. The van der Waals surface area contributed by atoms with Crippen LogP contribution in [0.4, 0.5) is 0 Å². The van der Waals surface area contributed by atoms with E-state index in [9.17, 15) is 4.79 Å². The van der Waals surface area contributed by atoms with E-state index in [1.807, 2.05) is 18.2 Å². The van der Waals surface area contributed by atoms with Gasteiger partial charge in [0.15, 0.2) is 6.61 Å². The molecule has 1 N–H and O–H groups in total. The quantitative estimate of drug-likeness (QED) is 0.781. The number of aryl methyl sites for hydroxylation is 2. The molecule has 1 amide bonds. The molecule has 156 valence electrons. The molecule has 28 heavy (non-hydrogen) atoms. The van der Waals surface area contributed by atoms with Gasteiger partial charge in [-0.1, -0.05) is 32.3 Å². The molecule has 1 saturated carbocycles. The van der Waals surface area contributed by atoms with Crippen molar-refractivity contribution in [3.05, 3.63) is 29.3 Å². The predicted octanol–water partition coefficient (Wildman–Crippen LogP) is 3.14. The molecule has 0 bridgehead atoms. The number of amides is 1. The summed E-state index contributed by atoms with van der Waals surface area (Å²) in [5.41, 5.74) is 2.55. The van der Waals surface area contributed by atoms with E-state index >= 15 is 0 Å². The van der Waals surface area contributed by atoms with Gasteiger partial charge in [-0.05, 0) is 56.5 Å². The zero-order valence-electron chi connectivity index (χ0n) is 17.9. The number of nitrogens with one attached hydrogen (secondary N) is 1. The summed E-state index contributed by atoms with van der Waals surface area (Å²) in [6, 6.07) is 5.97. The number of nitrogens with zero attached hydrogens (tertiary/aromatic N) is 2. The highest BCUT2D eigenvalue weighted by molar-refractivity contribution is 5.77. The number of carbonyl (C=O) groups is 1. The number of likely N-dealkylation sites (N-methyl/N-ethyl adjacent to an activating group) is 1. The minimum atomic E-state index is -0.0182. The summed E-state index contributed by atoms with van der Waals surface area (Å²) in [5.74, 6) is 0.747. The summed E-state index contributed by atoms with van der Waals surface area (Å²) < 4.78 is 5.72. The standard InChI is InChI=1S/C23H37N3O2/c1-4-25-12-14-26(15-13-25)23(10-6-5-7-11-23)18-24-22(27)17-28-21-9-8-19(2)20(3)16-21/h8-9,16H,4-7,10-15,17-18H2,1-3H3,(H,24,27). The second kappa shape index (κ2) is 9.75. The van der Waals surface area contributed by atoms with E-state index in [-0.39, 0.29) is 18.1 Å². The first-order valence-electron chi connectivity index (χ1n) is 11.0. The molecule has 3 rings (SSSR count). The molecule has 1 saturated heterocycles. The van der Waals surface area contributed by atoms with Gasteiger partial charge in [0.1, 0.15) is 5.75 Å². The van der Waals surface area contributed by atoms with Crippen molar-refractivity contribution in [2.24, 2.45) is 0 Å². The molecule has 5 heteroatoms. The molecule has 5 nitrogen and oxygen atoms in total. The summed E-state index contributed by atoms with van der Waals surface area (Å²) in [6.45, 7) is 12.9. The minimum absolute atomic E-state index is 0.0182. The van der Waals surface area contributed by atoms with Crippen molar-refractivity contribution in [1.29, 1.82) is 0 Å². The predicted molar refractivity (Wildman–Crippen MR) is 114 cm³/mol. The van der Waals surface area contributed by atoms with Crippen molar-refractivity contribution < 1.29 is 9.53 Å². The van der Waals surface area contributed by atoms with E-state index in [2.05, 4.69) is 35.9 Å². The lowest BCUT2D eigenvalue weighted by Crippen LogP contribution is -2.62. The van der Waals surface area contributed by atoms with Gasteiger partial charge < -0.3 is 15.0 Å². The molecule has 0 unspecified atom stereocenters. The zero-order valence-corrected chi connectivity index (χ0v) is 17.9. The topological polar surface area (TPSA) is 44.8 Å². The Labute approximate surface area is 170 Å². The molecule has 1 aliphatic heterocycles. The third-order valence-corrected chi connectivity index (χ3v) is 6.74. The molecular formula is C23H37N3O2. The lowest BCUT2D eigenvalue weighted by atomic mass is 9.79. The van der Waals surface area contributed by atoms with Crippen molar-refractivity contribution in [3.8, 4) is 5.75 Å². The van der Waals surface area contributed by atoms with Gasteiger partial charge in [-0.3, -0.25) is 9.69 Å². The first-order valence-corrected chi connectivity index (χ1v) is 11.0. The van der Waals surface area contributed by atoms with Crippen LogP contribution in [0.1, 0.15) is 50.2 Å². The summed E-state index contributed by atoms with van der Waals surface area (Å²) in [4.78, 5) is 17.6. The molecule has 0 spiro atoms. The van der Waals surface area contributed by atoms with Gasteiger partial charge >= 0.3 is 0 Å². The Morgan fingerprint density at radius 2 is 1.79 bits per heavy atom. The normalized spacial score (nSPS) is 20.7. The Bertz CT molecular complexity index is 647. The van der Waals surface area contributed by atoms with E-state index < -0.39 is 0 Å². The van der Waals surface area contributed by atoms with Crippen LogP contribution >= 0.6 is 0 Å². The molecule has 0 atom stereocenters. The number of rotatable bonds is 7. The van der Waals surface area contributed by atoms with E-state index in [0.29, 0.717) is 0 Å². The lowest BCUT2D eigenvalue weighted by molar-refractivity contribution is -0.124. The smallest absolute Gasteiger partial charge is 0.258 e. The molecule has 2 aliphatic rings. The number of carbonyl (C=O) groups excluding carboxylic acids is 1. The maximum Gasteiger partial charge on any atom is 0.258 e. The Hall–Kier alpha value is -1.59. The maximum absolute atomic E-state index is 12.5.